The van der Waals surface area contributed by atoms with E-state index in [1.807, 2.05) is 6.07 Å². The Labute approximate surface area is 128 Å². The fourth-order valence-electron chi connectivity index (χ4n) is 3.84. The third kappa shape index (κ3) is 2.99. The van der Waals surface area contributed by atoms with Crippen LogP contribution < -0.4 is 10.6 Å². The smallest absolute Gasteiger partial charge is 0.138 e. The average molecular weight is 288 g/mol. The Hall–Kier alpha value is -1.32. The van der Waals surface area contributed by atoms with Gasteiger partial charge in [-0.1, -0.05) is 33.6 Å². The second-order valence-corrected chi connectivity index (χ2v) is 7.67. The second-order valence-electron chi connectivity index (χ2n) is 7.67. The molecule has 1 saturated carbocycles. The van der Waals surface area contributed by atoms with Crippen LogP contribution in [0.1, 0.15) is 65.1 Å². The molecule has 0 spiro atoms. The van der Waals surface area contributed by atoms with E-state index in [1.165, 1.54) is 38.5 Å². The van der Waals surface area contributed by atoms with Crippen molar-refractivity contribution in [2.75, 3.05) is 17.2 Å². The number of aromatic nitrogens is 2. The zero-order valence-corrected chi connectivity index (χ0v) is 13.6. The number of nitrogens with zero attached hydrogens (tertiary/aromatic N) is 3. The van der Waals surface area contributed by atoms with Crippen molar-refractivity contribution < 1.29 is 0 Å². The first-order valence-corrected chi connectivity index (χ1v) is 8.37. The van der Waals surface area contributed by atoms with Gasteiger partial charge in [0.05, 0.1) is 0 Å². The first-order chi connectivity index (χ1) is 9.95. The predicted molar refractivity (Wildman–Crippen MR) is 87.5 cm³/mol. The fourth-order valence-corrected chi connectivity index (χ4v) is 3.84. The van der Waals surface area contributed by atoms with Crippen molar-refractivity contribution in [3.05, 3.63) is 11.9 Å². The Bertz CT molecular complexity index is 504. The number of nitrogen functional groups attached to an aromatic ring is 1. The van der Waals surface area contributed by atoms with Gasteiger partial charge in [0.2, 0.25) is 0 Å². The van der Waals surface area contributed by atoms with E-state index in [9.17, 15) is 0 Å². The van der Waals surface area contributed by atoms with Crippen molar-refractivity contribution in [2.45, 2.75) is 70.8 Å². The van der Waals surface area contributed by atoms with Gasteiger partial charge < -0.3 is 10.6 Å². The number of nitrogens with two attached hydrogens (primary N) is 1. The number of rotatable bonds is 1. The molecular weight excluding hydrogens is 260 g/mol. The van der Waals surface area contributed by atoms with E-state index < -0.39 is 0 Å². The highest BCUT2D eigenvalue weighted by Gasteiger charge is 2.34. The fraction of sp³-hybridized carbons (Fsp3) is 0.765. The van der Waals surface area contributed by atoms with Crippen molar-refractivity contribution in [2.24, 2.45) is 5.92 Å². The van der Waals surface area contributed by atoms with Crippen LogP contribution in [-0.4, -0.2) is 22.6 Å². The Kier molecular flexibility index (Phi) is 3.80. The Morgan fingerprint density at radius 1 is 1.10 bits per heavy atom. The zero-order chi connectivity index (χ0) is 15.0. The highest BCUT2D eigenvalue weighted by atomic mass is 15.2. The average Bonchev–Trinajstić information content (AvgIpc) is 2.45. The third-order valence-electron chi connectivity index (χ3n) is 4.94. The quantitative estimate of drug-likeness (QED) is 0.859. The lowest BCUT2D eigenvalue weighted by atomic mass is 9.78. The molecule has 2 N–H and O–H groups in total. The monoisotopic (exact) mass is 288 g/mol. The maximum atomic E-state index is 6.05. The summed E-state index contributed by atoms with van der Waals surface area (Å²) in [7, 11) is 0. The molecule has 116 valence electrons. The standard InChI is InChI=1S/C17H28N4/c1-17(2,3)16-19-14(18)11-15(20-16)21-10-6-8-12-7-4-5-9-13(12)21/h11-13H,4-10H2,1-3H3,(H2,18,19,20). The summed E-state index contributed by atoms with van der Waals surface area (Å²) in [5, 5.41) is 0. The summed E-state index contributed by atoms with van der Waals surface area (Å²) in [6.07, 6.45) is 8.09. The highest BCUT2D eigenvalue weighted by molar-refractivity contribution is 5.49. The lowest BCUT2D eigenvalue weighted by Gasteiger charge is -2.45. The molecule has 2 aliphatic rings. The van der Waals surface area contributed by atoms with Gasteiger partial charge >= 0.3 is 0 Å². The van der Waals surface area contributed by atoms with E-state index in [-0.39, 0.29) is 5.41 Å². The molecule has 1 aliphatic heterocycles. The van der Waals surface area contributed by atoms with E-state index >= 15 is 0 Å². The van der Waals surface area contributed by atoms with Crippen LogP contribution in [0.3, 0.4) is 0 Å². The summed E-state index contributed by atoms with van der Waals surface area (Å²) in [4.78, 5) is 11.8. The molecule has 2 fully saturated rings. The minimum Gasteiger partial charge on any atom is -0.384 e. The molecule has 3 rings (SSSR count). The molecule has 2 unspecified atom stereocenters. The minimum absolute atomic E-state index is 0.0636. The van der Waals surface area contributed by atoms with E-state index in [2.05, 4.69) is 30.7 Å². The largest absolute Gasteiger partial charge is 0.384 e. The summed E-state index contributed by atoms with van der Waals surface area (Å²) in [5.74, 6) is 3.35. The zero-order valence-electron chi connectivity index (χ0n) is 13.6. The molecule has 2 atom stereocenters. The highest BCUT2D eigenvalue weighted by Crippen LogP contribution is 2.37. The normalized spacial score (nSPS) is 26.5. The van der Waals surface area contributed by atoms with Gasteiger partial charge in [-0.3, -0.25) is 0 Å². The van der Waals surface area contributed by atoms with Crippen LogP contribution >= 0.6 is 0 Å². The van der Waals surface area contributed by atoms with E-state index in [1.54, 1.807) is 0 Å². The first kappa shape index (κ1) is 14.6. The van der Waals surface area contributed by atoms with Crippen molar-refractivity contribution in [1.82, 2.24) is 9.97 Å². The molecule has 4 heteroatoms. The Balaban J connectivity index is 1.93. The van der Waals surface area contributed by atoms with Gasteiger partial charge in [-0.2, -0.15) is 0 Å². The third-order valence-corrected chi connectivity index (χ3v) is 4.94. The number of anilines is 2. The molecule has 0 aromatic carbocycles. The van der Waals surface area contributed by atoms with Crippen LogP contribution in [0.25, 0.3) is 0 Å². The Morgan fingerprint density at radius 2 is 1.81 bits per heavy atom. The lowest BCUT2D eigenvalue weighted by molar-refractivity contribution is 0.242. The molecule has 1 aromatic heterocycles. The molecule has 1 aliphatic carbocycles. The summed E-state index contributed by atoms with van der Waals surface area (Å²) in [6, 6.07) is 2.63. The molecule has 2 heterocycles. The number of fused-ring (bicyclic) bond motifs is 1. The van der Waals surface area contributed by atoms with Crippen LogP contribution in [0.4, 0.5) is 11.6 Å². The van der Waals surface area contributed by atoms with Crippen LogP contribution in [0.5, 0.6) is 0 Å². The van der Waals surface area contributed by atoms with Crippen LogP contribution in [0.2, 0.25) is 0 Å². The molecule has 21 heavy (non-hydrogen) atoms. The number of hydrogen-bond acceptors (Lipinski definition) is 4. The van der Waals surface area contributed by atoms with Crippen molar-refractivity contribution in [1.29, 1.82) is 0 Å². The first-order valence-electron chi connectivity index (χ1n) is 8.37. The topological polar surface area (TPSA) is 55.0 Å². The van der Waals surface area contributed by atoms with Gasteiger partial charge in [0.1, 0.15) is 17.5 Å². The molecule has 1 saturated heterocycles. The molecular formula is C17H28N4. The molecule has 0 bridgehead atoms. The number of piperidine rings is 1. The second kappa shape index (κ2) is 5.47. The van der Waals surface area contributed by atoms with Gasteiger partial charge in [0.25, 0.3) is 0 Å². The predicted octanol–water partition coefficient (Wildman–Crippen LogP) is 3.52. The Morgan fingerprint density at radius 3 is 2.57 bits per heavy atom. The van der Waals surface area contributed by atoms with Gasteiger partial charge in [0, 0.05) is 24.1 Å². The van der Waals surface area contributed by atoms with Crippen LogP contribution in [0.15, 0.2) is 6.07 Å². The maximum Gasteiger partial charge on any atom is 0.138 e. The summed E-state index contributed by atoms with van der Waals surface area (Å²) < 4.78 is 0. The van der Waals surface area contributed by atoms with E-state index in [4.69, 9.17) is 10.7 Å². The molecule has 0 amide bonds. The van der Waals surface area contributed by atoms with Gasteiger partial charge in [0.15, 0.2) is 0 Å². The SMILES string of the molecule is CC(C)(C)c1nc(N)cc(N2CCCC3CCCCC32)n1. The maximum absolute atomic E-state index is 6.05. The number of hydrogen-bond donors (Lipinski definition) is 1. The van der Waals surface area contributed by atoms with Gasteiger partial charge in [-0.15, -0.1) is 0 Å². The van der Waals surface area contributed by atoms with Gasteiger partial charge in [-0.05, 0) is 31.6 Å². The summed E-state index contributed by atoms with van der Waals surface area (Å²) >= 11 is 0. The molecule has 4 nitrogen and oxygen atoms in total. The van der Waals surface area contributed by atoms with Crippen LogP contribution in [0, 0.1) is 5.92 Å². The van der Waals surface area contributed by atoms with Crippen LogP contribution in [-0.2, 0) is 5.41 Å². The molecule has 1 aromatic rings. The molecule has 0 radical (unpaired) electrons. The van der Waals surface area contributed by atoms with E-state index in [0.29, 0.717) is 11.9 Å². The van der Waals surface area contributed by atoms with Gasteiger partial charge in [-0.25, -0.2) is 9.97 Å². The van der Waals surface area contributed by atoms with Crippen molar-refractivity contribution >= 4 is 11.6 Å². The van der Waals surface area contributed by atoms with E-state index in [0.717, 1.165) is 24.1 Å². The summed E-state index contributed by atoms with van der Waals surface area (Å²) in [5.41, 5.74) is 5.99. The lowest BCUT2D eigenvalue weighted by Crippen LogP contribution is -2.47. The minimum atomic E-state index is -0.0636. The van der Waals surface area contributed by atoms with Crippen molar-refractivity contribution in [3.8, 4) is 0 Å². The summed E-state index contributed by atoms with van der Waals surface area (Å²) in [6.45, 7) is 7.54. The van der Waals surface area contributed by atoms with Crippen molar-refractivity contribution in [3.63, 3.8) is 0 Å².